The Morgan fingerprint density at radius 3 is 2.76 bits per heavy atom. The molecule has 7 heteroatoms. The third-order valence-corrected chi connectivity index (χ3v) is 7.81. The highest BCUT2D eigenvalue weighted by Crippen LogP contribution is 2.42. The molecule has 172 valence electrons. The van der Waals surface area contributed by atoms with Crippen LogP contribution in [0.15, 0.2) is 35.3 Å². The van der Waals surface area contributed by atoms with Crippen LogP contribution in [0.5, 0.6) is 0 Å². The van der Waals surface area contributed by atoms with Gasteiger partial charge in [-0.2, -0.15) is 0 Å². The number of amides is 1. The minimum absolute atomic E-state index is 0.233. The molecule has 1 aromatic carbocycles. The first-order valence-corrected chi connectivity index (χ1v) is 12.5. The number of hydrogen-bond acceptors (Lipinski definition) is 5. The minimum atomic E-state index is -0.374. The van der Waals surface area contributed by atoms with Gasteiger partial charge in [-0.05, 0) is 74.6 Å². The molecule has 4 heterocycles. The zero-order valence-corrected chi connectivity index (χ0v) is 20.2. The summed E-state index contributed by atoms with van der Waals surface area (Å²) in [7, 11) is 0. The van der Waals surface area contributed by atoms with Gasteiger partial charge in [-0.25, -0.2) is 4.98 Å². The normalized spacial score (nSPS) is 17.7. The van der Waals surface area contributed by atoms with Crippen molar-refractivity contribution < 1.29 is 9.53 Å². The van der Waals surface area contributed by atoms with Crippen molar-refractivity contribution in [3.05, 3.63) is 57.7 Å². The van der Waals surface area contributed by atoms with Gasteiger partial charge in [0, 0.05) is 47.8 Å². The maximum Gasteiger partial charge on any atom is 0.251 e. The van der Waals surface area contributed by atoms with Gasteiger partial charge in [0.15, 0.2) is 0 Å². The summed E-state index contributed by atoms with van der Waals surface area (Å²) >= 11 is 1.59. The topological polar surface area (TPSA) is 82.2 Å². The predicted molar refractivity (Wildman–Crippen MR) is 134 cm³/mol. The van der Waals surface area contributed by atoms with Gasteiger partial charge in [0.2, 0.25) is 0 Å². The Hall–Kier alpha value is -2.90. The number of nitrogens with two attached hydrogens (primary N) is 1. The van der Waals surface area contributed by atoms with Crippen molar-refractivity contribution in [2.24, 2.45) is 11.7 Å². The van der Waals surface area contributed by atoms with Crippen LogP contribution in [0.2, 0.25) is 0 Å². The number of benzene rings is 1. The number of primary amides is 1. The highest BCUT2D eigenvalue weighted by molar-refractivity contribution is 7.07. The van der Waals surface area contributed by atoms with Gasteiger partial charge >= 0.3 is 0 Å². The van der Waals surface area contributed by atoms with E-state index in [1.54, 1.807) is 11.3 Å². The van der Waals surface area contributed by atoms with E-state index in [9.17, 15) is 4.79 Å². The first-order chi connectivity index (χ1) is 16.0. The van der Waals surface area contributed by atoms with Gasteiger partial charge in [0.05, 0.1) is 22.3 Å². The smallest absolute Gasteiger partial charge is 0.251 e. The van der Waals surface area contributed by atoms with Gasteiger partial charge in [0.1, 0.15) is 0 Å². The molecule has 0 saturated carbocycles. The summed E-state index contributed by atoms with van der Waals surface area (Å²) in [4.78, 5) is 17.4. The number of nitrogens with zero attached hydrogens (tertiary/aromatic N) is 2. The van der Waals surface area contributed by atoms with E-state index in [0.29, 0.717) is 11.5 Å². The van der Waals surface area contributed by atoms with E-state index >= 15 is 0 Å². The fourth-order valence-corrected chi connectivity index (χ4v) is 6.17. The number of rotatable bonds is 5. The third-order valence-electron chi connectivity index (χ3n) is 7.22. The van der Waals surface area contributed by atoms with Crippen LogP contribution in [-0.2, 0) is 4.74 Å². The Balaban J connectivity index is 1.83. The number of thiazole rings is 1. The van der Waals surface area contributed by atoms with E-state index in [2.05, 4.69) is 46.2 Å². The summed E-state index contributed by atoms with van der Waals surface area (Å²) in [5.41, 5.74) is 15.9. The van der Waals surface area contributed by atoms with Crippen molar-refractivity contribution in [2.45, 2.75) is 39.7 Å². The molecule has 33 heavy (non-hydrogen) atoms. The lowest BCUT2D eigenvalue weighted by molar-refractivity contribution is 0.0517. The summed E-state index contributed by atoms with van der Waals surface area (Å²) in [5.74, 6) is 0.119. The molecular weight excluding hydrogens is 432 g/mol. The van der Waals surface area contributed by atoms with Crippen LogP contribution >= 0.6 is 11.3 Å². The van der Waals surface area contributed by atoms with Gasteiger partial charge in [-0.1, -0.05) is 6.08 Å². The van der Waals surface area contributed by atoms with Crippen molar-refractivity contribution in [2.75, 3.05) is 19.8 Å². The number of allylic oxidation sites excluding steroid dienone is 2. The van der Waals surface area contributed by atoms with Crippen molar-refractivity contribution in [3.63, 3.8) is 0 Å². The lowest BCUT2D eigenvalue weighted by atomic mass is 9.88. The molecule has 0 bridgehead atoms. The lowest BCUT2D eigenvalue weighted by Crippen LogP contribution is -2.25. The number of carbonyl (C=O) groups is 1. The van der Waals surface area contributed by atoms with Crippen molar-refractivity contribution in [3.8, 4) is 11.3 Å². The van der Waals surface area contributed by atoms with Crippen LogP contribution in [0.25, 0.3) is 27.7 Å². The van der Waals surface area contributed by atoms with E-state index in [0.717, 1.165) is 71.6 Å². The van der Waals surface area contributed by atoms with Gasteiger partial charge in [-0.3, -0.25) is 4.79 Å². The largest absolute Gasteiger partial charge is 0.387 e. The van der Waals surface area contributed by atoms with Gasteiger partial charge in [0.25, 0.3) is 5.91 Å². The van der Waals surface area contributed by atoms with Crippen LogP contribution in [0.4, 0.5) is 0 Å². The van der Waals surface area contributed by atoms with Crippen molar-refractivity contribution in [1.82, 2.24) is 14.9 Å². The number of dihydropyridines is 1. The molecule has 0 radical (unpaired) electrons. The predicted octanol–water partition coefficient (Wildman–Crippen LogP) is 4.97. The fourth-order valence-electron chi connectivity index (χ4n) is 5.62. The number of aromatic nitrogens is 2. The number of hydrogen-bond donors (Lipinski definition) is 2. The number of carbonyl (C=O) groups excluding carboxylic acids is 1. The SMILES string of the molecule is Cc1c(C2=CC=CNC2)c(-c2cscn2)cc2c1c(C(N)=O)c(C)n2C(C)C1CCOCC1. The molecule has 5 rings (SSSR count). The quantitative estimate of drug-likeness (QED) is 0.561. The average molecular weight is 463 g/mol. The maximum atomic E-state index is 12.7. The van der Waals surface area contributed by atoms with Crippen LogP contribution in [-0.4, -0.2) is 35.2 Å². The number of nitrogens with one attached hydrogen (secondary N) is 1. The molecular formula is C26H30N4O2S. The summed E-state index contributed by atoms with van der Waals surface area (Å²) in [6.45, 7) is 8.71. The Kier molecular flexibility index (Phi) is 5.85. The Labute approximate surface area is 198 Å². The molecule has 1 unspecified atom stereocenters. The molecule has 3 aromatic rings. The highest BCUT2D eigenvalue weighted by atomic mass is 32.1. The Bertz CT molecular complexity index is 1260. The van der Waals surface area contributed by atoms with Crippen molar-refractivity contribution in [1.29, 1.82) is 0 Å². The molecule has 2 aliphatic heterocycles. The molecule has 0 spiro atoms. The molecule has 1 fully saturated rings. The third kappa shape index (κ3) is 3.69. The zero-order chi connectivity index (χ0) is 23.1. The number of ether oxygens (including phenoxy) is 1. The molecule has 2 aromatic heterocycles. The van der Waals surface area contributed by atoms with Crippen LogP contribution in [0.1, 0.15) is 53.0 Å². The molecule has 0 aliphatic carbocycles. The van der Waals surface area contributed by atoms with E-state index in [1.165, 1.54) is 5.57 Å². The standard InChI is InChI=1S/C26H30N4O2S/c1-15-23(19-5-4-8-28-12-19)20(21-13-33-14-29-21)11-22-24(15)25(26(27)31)17(3)30(22)16(2)18-6-9-32-10-7-18/h4-5,8,11,13-14,16,18,28H,6-7,9-10,12H2,1-3H3,(H2,27,31). The molecule has 6 nitrogen and oxygen atoms in total. The average Bonchev–Trinajstić information content (AvgIpc) is 3.46. The number of fused-ring (bicyclic) bond motifs is 1. The maximum absolute atomic E-state index is 12.7. The monoisotopic (exact) mass is 462 g/mol. The first-order valence-electron chi connectivity index (χ1n) is 11.5. The molecule has 2 aliphatic rings. The Morgan fingerprint density at radius 2 is 2.12 bits per heavy atom. The first kappa shape index (κ1) is 21.9. The van der Waals surface area contributed by atoms with Crippen molar-refractivity contribution >= 4 is 33.7 Å². The molecule has 1 saturated heterocycles. The Morgan fingerprint density at radius 1 is 1.33 bits per heavy atom. The summed E-state index contributed by atoms with van der Waals surface area (Å²) in [6, 6.07) is 2.46. The second-order valence-corrected chi connectivity index (χ2v) is 9.73. The van der Waals surface area contributed by atoms with Gasteiger partial charge < -0.3 is 20.4 Å². The van der Waals surface area contributed by atoms with E-state index in [-0.39, 0.29) is 11.9 Å². The lowest BCUT2D eigenvalue weighted by Gasteiger charge is -2.30. The second kappa shape index (κ2) is 8.80. The fraction of sp³-hybridized carbons (Fsp3) is 0.385. The minimum Gasteiger partial charge on any atom is -0.387 e. The van der Waals surface area contributed by atoms with Crippen LogP contribution < -0.4 is 11.1 Å². The van der Waals surface area contributed by atoms with Crippen LogP contribution in [0, 0.1) is 19.8 Å². The second-order valence-electron chi connectivity index (χ2n) is 9.01. The summed E-state index contributed by atoms with van der Waals surface area (Å²) < 4.78 is 7.95. The van der Waals surface area contributed by atoms with E-state index in [1.807, 2.05) is 24.7 Å². The zero-order valence-electron chi connectivity index (χ0n) is 19.4. The van der Waals surface area contributed by atoms with Gasteiger partial charge in [-0.15, -0.1) is 11.3 Å². The van der Waals surface area contributed by atoms with E-state index in [4.69, 9.17) is 10.5 Å². The van der Waals surface area contributed by atoms with E-state index < -0.39 is 0 Å². The summed E-state index contributed by atoms with van der Waals surface area (Å²) in [5, 5.41) is 6.37. The molecule has 1 amide bonds. The number of aryl methyl sites for hydroxylation is 1. The molecule has 3 N–H and O–H groups in total. The summed E-state index contributed by atoms with van der Waals surface area (Å²) in [6.07, 6.45) is 8.15. The van der Waals surface area contributed by atoms with Crippen LogP contribution in [0.3, 0.4) is 0 Å². The highest BCUT2D eigenvalue weighted by Gasteiger charge is 2.30. The molecule has 1 atom stereocenters.